The first-order chi connectivity index (χ1) is 9.69. The molecule has 0 fully saturated rings. The molecule has 1 N–H and O–H groups in total. The van der Waals surface area contributed by atoms with Crippen LogP contribution in [0.5, 0.6) is 0 Å². The molecule has 2 aromatic carbocycles. The molecule has 0 aliphatic rings. The molecule has 3 heteroatoms. The maximum absolute atomic E-state index is 6.18. The van der Waals surface area contributed by atoms with Crippen LogP contribution in [0, 0.1) is 6.92 Å². The summed E-state index contributed by atoms with van der Waals surface area (Å²) in [6.45, 7) is 2.89. The largest absolute Gasteiger partial charge is 0.455 e. The van der Waals surface area contributed by atoms with Gasteiger partial charge in [-0.05, 0) is 37.7 Å². The van der Waals surface area contributed by atoms with Crippen LogP contribution in [0.2, 0.25) is 5.02 Å². The fourth-order valence-corrected chi connectivity index (χ4v) is 2.64. The summed E-state index contributed by atoms with van der Waals surface area (Å²) in [7, 11) is 1.94. The Bertz CT molecular complexity index is 761. The van der Waals surface area contributed by atoms with Crippen LogP contribution < -0.4 is 5.32 Å². The third-order valence-electron chi connectivity index (χ3n) is 3.39. The van der Waals surface area contributed by atoms with Crippen molar-refractivity contribution in [2.75, 3.05) is 7.05 Å². The summed E-state index contributed by atoms with van der Waals surface area (Å²) in [5.41, 5.74) is 4.30. The van der Waals surface area contributed by atoms with Crippen LogP contribution in [0.25, 0.3) is 22.3 Å². The van der Waals surface area contributed by atoms with E-state index in [9.17, 15) is 0 Å². The summed E-state index contributed by atoms with van der Waals surface area (Å²) in [6, 6.07) is 14.3. The van der Waals surface area contributed by atoms with E-state index >= 15 is 0 Å². The zero-order valence-corrected chi connectivity index (χ0v) is 12.3. The highest BCUT2D eigenvalue weighted by Crippen LogP contribution is 2.33. The summed E-state index contributed by atoms with van der Waals surface area (Å²) in [5, 5.41) is 4.87. The highest BCUT2D eigenvalue weighted by atomic mass is 35.5. The minimum Gasteiger partial charge on any atom is -0.455 e. The van der Waals surface area contributed by atoms with Crippen molar-refractivity contribution >= 4 is 22.6 Å². The molecule has 1 heterocycles. The SMILES string of the molecule is CNCc1ccc(C)cc1-c1cc2cccc(Cl)c2o1. The first-order valence-electron chi connectivity index (χ1n) is 6.61. The summed E-state index contributed by atoms with van der Waals surface area (Å²) >= 11 is 6.18. The van der Waals surface area contributed by atoms with Crippen LogP contribution in [0.4, 0.5) is 0 Å². The molecule has 0 aliphatic heterocycles. The maximum atomic E-state index is 6.18. The van der Waals surface area contributed by atoms with Crippen LogP contribution in [-0.2, 0) is 6.54 Å². The Labute approximate surface area is 123 Å². The molecule has 0 saturated heterocycles. The average molecular weight is 286 g/mol. The maximum Gasteiger partial charge on any atom is 0.153 e. The van der Waals surface area contributed by atoms with E-state index in [1.165, 1.54) is 11.1 Å². The molecule has 0 unspecified atom stereocenters. The van der Waals surface area contributed by atoms with Crippen LogP contribution in [0.15, 0.2) is 46.9 Å². The van der Waals surface area contributed by atoms with Crippen molar-refractivity contribution in [3.8, 4) is 11.3 Å². The number of benzene rings is 2. The number of fused-ring (bicyclic) bond motifs is 1. The van der Waals surface area contributed by atoms with Crippen molar-refractivity contribution in [1.82, 2.24) is 5.32 Å². The lowest BCUT2D eigenvalue weighted by molar-refractivity contribution is 0.630. The van der Waals surface area contributed by atoms with Crippen molar-refractivity contribution < 1.29 is 4.42 Å². The lowest BCUT2D eigenvalue weighted by atomic mass is 10.0. The Kier molecular flexibility index (Phi) is 3.51. The van der Waals surface area contributed by atoms with Crippen molar-refractivity contribution in [3.63, 3.8) is 0 Å². The Morgan fingerprint density at radius 2 is 2.00 bits per heavy atom. The van der Waals surface area contributed by atoms with E-state index < -0.39 is 0 Å². The van der Waals surface area contributed by atoms with Gasteiger partial charge < -0.3 is 9.73 Å². The molecule has 0 radical (unpaired) electrons. The predicted octanol–water partition coefficient (Wildman–Crippen LogP) is 4.78. The van der Waals surface area contributed by atoms with Gasteiger partial charge in [0, 0.05) is 17.5 Å². The number of para-hydroxylation sites is 1. The van der Waals surface area contributed by atoms with Crippen molar-refractivity contribution in [3.05, 3.63) is 58.6 Å². The van der Waals surface area contributed by atoms with Gasteiger partial charge in [-0.15, -0.1) is 0 Å². The third kappa shape index (κ3) is 2.33. The Morgan fingerprint density at radius 3 is 2.75 bits per heavy atom. The van der Waals surface area contributed by atoms with Gasteiger partial charge in [-0.3, -0.25) is 0 Å². The van der Waals surface area contributed by atoms with Crippen LogP contribution in [-0.4, -0.2) is 7.05 Å². The van der Waals surface area contributed by atoms with Gasteiger partial charge in [-0.1, -0.05) is 41.4 Å². The number of hydrogen-bond acceptors (Lipinski definition) is 2. The van der Waals surface area contributed by atoms with Crippen LogP contribution in [0.1, 0.15) is 11.1 Å². The molecule has 0 aliphatic carbocycles. The van der Waals surface area contributed by atoms with Gasteiger partial charge in [0.25, 0.3) is 0 Å². The molecule has 1 aromatic heterocycles. The lowest BCUT2D eigenvalue weighted by Gasteiger charge is -2.08. The molecular formula is C17H16ClNO. The van der Waals surface area contributed by atoms with Gasteiger partial charge in [0.1, 0.15) is 5.76 Å². The minimum atomic E-state index is 0.650. The van der Waals surface area contributed by atoms with E-state index in [0.717, 1.165) is 28.8 Å². The number of aryl methyl sites for hydroxylation is 1. The molecule has 20 heavy (non-hydrogen) atoms. The number of rotatable bonds is 3. The van der Waals surface area contributed by atoms with E-state index in [1.54, 1.807) is 0 Å². The second kappa shape index (κ2) is 5.31. The third-order valence-corrected chi connectivity index (χ3v) is 3.69. The molecule has 0 saturated carbocycles. The number of nitrogens with one attached hydrogen (secondary N) is 1. The topological polar surface area (TPSA) is 25.2 Å². The van der Waals surface area contributed by atoms with Gasteiger partial charge in [-0.2, -0.15) is 0 Å². The highest BCUT2D eigenvalue weighted by Gasteiger charge is 2.12. The highest BCUT2D eigenvalue weighted by molar-refractivity contribution is 6.34. The molecule has 0 bridgehead atoms. The molecule has 0 spiro atoms. The summed E-state index contributed by atoms with van der Waals surface area (Å²) in [4.78, 5) is 0. The zero-order valence-electron chi connectivity index (χ0n) is 11.5. The standard InChI is InChI=1S/C17H16ClNO/c1-11-6-7-13(10-19-2)14(8-11)16-9-12-4-3-5-15(18)17(12)20-16/h3-9,19H,10H2,1-2H3. The number of hydrogen-bond donors (Lipinski definition) is 1. The van der Waals surface area contributed by atoms with Crippen molar-refractivity contribution in [2.24, 2.45) is 0 Å². The van der Waals surface area contributed by atoms with E-state index in [1.807, 2.05) is 25.2 Å². The van der Waals surface area contributed by atoms with Gasteiger partial charge >= 0.3 is 0 Å². The van der Waals surface area contributed by atoms with E-state index in [0.29, 0.717) is 5.02 Å². The van der Waals surface area contributed by atoms with Crippen LogP contribution in [0.3, 0.4) is 0 Å². The summed E-state index contributed by atoms with van der Waals surface area (Å²) in [5.74, 6) is 0.863. The first kappa shape index (κ1) is 13.2. The number of halogens is 1. The first-order valence-corrected chi connectivity index (χ1v) is 6.99. The molecule has 3 rings (SSSR count). The van der Waals surface area contributed by atoms with Gasteiger partial charge in [0.15, 0.2) is 5.58 Å². The molecule has 3 aromatic rings. The van der Waals surface area contributed by atoms with Crippen molar-refractivity contribution in [2.45, 2.75) is 13.5 Å². The Balaban J connectivity index is 2.19. The fraction of sp³-hybridized carbons (Fsp3) is 0.176. The molecular weight excluding hydrogens is 270 g/mol. The van der Waals surface area contributed by atoms with Crippen LogP contribution >= 0.6 is 11.6 Å². The second-order valence-electron chi connectivity index (χ2n) is 4.96. The lowest BCUT2D eigenvalue weighted by Crippen LogP contribution is -2.06. The molecule has 2 nitrogen and oxygen atoms in total. The van der Waals surface area contributed by atoms with Gasteiger partial charge in [0.2, 0.25) is 0 Å². The Morgan fingerprint density at radius 1 is 1.15 bits per heavy atom. The molecule has 102 valence electrons. The fourth-order valence-electron chi connectivity index (χ4n) is 2.42. The quantitative estimate of drug-likeness (QED) is 0.749. The van der Waals surface area contributed by atoms with Crippen molar-refractivity contribution in [1.29, 1.82) is 0 Å². The monoisotopic (exact) mass is 285 g/mol. The molecule has 0 amide bonds. The number of furan rings is 1. The summed E-state index contributed by atoms with van der Waals surface area (Å²) in [6.07, 6.45) is 0. The second-order valence-corrected chi connectivity index (χ2v) is 5.37. The predicted molar refractivity (Wildman–Crippen MR) is 84.2 cm³/mol. The van der Waals surface area contributed by atoms with E-state index in [-0.39, 0.29) is 0 Å². The normalized spacial score (nSPS) is 11.2. The Hall–Kier alpha value is -1.77. The summed E-state index contributed by atoms with van der Waals surface area (Å²) < 4.78 is 5.97. The van der Waals surface area contributed by atoms with E-state index in [4.69, 9.17) is 16.0 Å². The van der Waals surface area contributed by atoms with Gasteiger partial charge in [0.05, 0.1) is 5.02 Å². The van der Waals surface area contributed by atoms with Gasteiger partial charge in [-0.25, -0.2) is 0 Å². The average Bonchev–Trinajstić information content (AvgIpc) is 2.86. The smallest absolute Gasteiger partial charge is 0.153 e. The zero-order chi connectivity index (χ0) is 14.1. The molecule has 0 atom stereocenters. The minimum absolute atomic E-state index is 0.650. The van der Waals surface area contributed by atoms with E-state index in [2.05, 4.69) is 36.5 Å².